The summed E-state index contributed by atoms with van der Waals surface area (Å²) in [7, 11) is 3.12. The van der Waals surface area contributed by atoms with E-state index < -0.39 is 5.97 Å². The van der Waals surface area contributed by atoms with Crippen molar-refractivity contribution in [1.29, 1.82) is 0 Å². The average molecular weight is 344 g/mol. The second-order valence-electron chi connectivity index (χ2n) is 5.67. The maximum Gasteiger partial charge on any atom is 0.304 e. The first-order valence-electron chi connectivity index (χ1n) is 7.95. The van der Waals surface area contributed by atoms with E-state index in [0.29, 0.717) is 36.2 Å². The summed E-state index contributed by atoms with van der Waals surface area (Å²) < 4.78 is 21.7. The molecule has 0 aliphatic carbocycles. The number of methoxy groups -OCH3 is 2. The van der Waals surface area contributed by atoms with Crippen molar-refractivity contribution in [2.45, 2.75) is 12.3 Å². The van der Waals surface area contributed by atoms with Crippen molar-refractivity contribution in [3.63, 3.8) is 0 Å². The Hall–Kier alpha value is -2.89. The van der Waals surface area contributed by atoms with Gasteiger partial charge < -0.3 is 24.1 Å². The number of carbonyl (C=O) groups is 1. The molecular formula is C19H20O6. The van der Waals surface area contributed by atoms with Crippen molar-refractivity contribution in [1.82, 2.24) is 0 Å². The number of benzene rings is 2. The summed E-state index contributed by atoms with van der Waals surface area (Å²) in [4.78, 5) is 11.4. The van der Waals surface area contributed by atoms with Crippen molar-refractivity contribution in [2.24, 2.45) is 0 Å². The molecule has 6 nitrogen and oxygen atoms in total. The Morgan fingerprint density at radius 1 is 1.00 bits per heavy atom. The molecule has 0 saturated carbocycles. The highest BCUT2D eigenvalue weighted by atomic mass is 16.6. The van der Waals surface area contributed by atoms with Crippen LogP contribution < -0.4 is 18.9 Å². The van der Waals surface area contributed by atoms with Gasteiger partial charge >= 0.3 is 5.97 Å². The van der Waals surface area contributed by atoms with E-state index in [1.165, 1.54) is 0 Å². The van der Waals surface area contributed by atoms with Crippen molar-refractivity contribution in [3.05, 3.63) is 47.5 Å². The fourth-order valence-corrected chi connectivity index (χ4v) is 2.95. The van der Waals surface area contributed by atoms with Crippen LogP contribution in [0.1, 0.15) is 23.5 Å². The Bertz CT molecular complexity index is 731. The Balaban J connectivity index is 2.01. The van der Waals surface area contributed by atoms with Crippen LogP contribution in [0.2, 0.25) is 0 Å². The lowest BCUT2D eigenvalue weighted by atomic mass is 9.88. The van der Waals surface area contributed by atoms with Gasteiger partial charge in [0.05, 0.1) is 20.6 Å². The first-order chi connectivity index (χ1) is 12.1. The molecular weight excluding hydrogens is 324 g/mol. The molecule has 0 aromatic heterocycles. The maximum absolute atomic E-state index is 11.4. The van der Waals surface area contributed by atoms with Gasteiger partial charge in [-0.25, -0.2) is 0 Å². The number of rotatable bonds is 6. The fourth-order valence-electron chi connectivity index (χ4n) is 2.95. The molecule has 1 heterocycles. The minimum atomic E-state index is -0.880. The molecule has 0 spiro atoms. The molecule has 2 aromatic carbocycles. The van der Waals surface area contributed by atoms with Gasteiger partial charge in [0.25, 0.3) is 0 Å². The summed E-state index contributed by atoms with van der Waals surface area (Å²) in [5.74, 6) is 1.26. The van der Waals surface area contributed by atoms with Crippen LogP contribution in [0.25, 0.3) is 0 Å². The number of fused-ring (bicyclic) bond motifs is 1. The largest absolute Gasteiger partial charge is 0.493 e. The van der Waals surface area contributed by atoms with Gasteiger partial charge in [0, 0.05) is 5.92 Å². The smallest absolute Gasteiger partial charge is 0.304 e. The van der Waals surface area contributed by atoms with Crippen LogP contribution in [0.4, 0.5) is 0 Å². The van der Waals surface area contributed by atoms with Crippen LogP contribution >= 0.6 is 0 Å². The molecule has 1 unspecified atom stereocenters. The van der Waals surface area contributed by atoms with Gasteiger partial charge in [-0.3, -0.25) is 4.79 Å². The van der Waals surface area contributed by atoms with Crippen molar-refractivity contribution in [2.75, 3.05) is 27.4 Å². The van der Waals surface area contributed by atoms with Gasteiger partial charge in [-0.05, 0) is 35.4 Å². The van der Waals surface area contributed by atoms with Crippen LogP contribution in [0.15, 0.2) is 36.4 Å². The topological polar surface area (TPSA) is 74.2 Å². The molecule has 0 fully saturated rings. The van der Waals surface area contributed by atoms with Gasteiger partial charge in [0.15, 0.2) is 23.0 Å². The van der Waals surface area contributed by atoms with E-state index >= 15 is 0 Å². The molecule has 6 heteroatoms. The maximum atomic E-state index is 11.4. The lowest BCUT2D eigenvalue weighted by Crippen LogP contribution is -2.16. The summed E-state index contributed by atoms with van der Waals surface area (Å²) in [5, 5.41) is 9.36. The van der Waals surface area contributed by atoms with E-state index in [4.69, 9.17) is 18.9 Å². The first-order valence-corrected chi connectivity index (χ1v) is 7.95. The van der Waals surface area contributed by atoms with Crippen molar-refractivity contribution >= 4 is 5.97 Å². The SMILES string of the molecule is COc1ccc(C(CC(=O)O)c2ccc3c(c2)OCCO3)cc1OC. The van der Waals surface area contributed by atoms with E-state index in [2.05, 4.69) is 0 Å². The molecule has 1 N–H and O–H groups in total. The molecule has 0 saturated heterocycles. The highest BCUT2D eigenvalue weighted by Crippen LogP contribution is 2.39. The van der Waals surface area contributed by atoms with Gasteiger partial charge in [-0.1, -0.05) is 12.1 Å². The van der Waals surface area contributed by atoms with E-state index in [-0.39, 0.29) is 12.3 Å². The Morgan fingerprint density at radius 2 is 1.64 bits per heavy atom. The predicted octanol–water partition coefficient (Wildman–Crippen LogP) is 3.08. The van der Waals surface area contributed by atoms with E-state index in [1.54, 1.807) is 20.3 Å². The van der Waals surface area contributed by atoms with Crippen LogP contribution in [-0.4, -0.2) is 38.5 Å². The van der Waals surface area contributed by atoms with Gasteiger partial charge in [-0.2, -0.15) is 0 Å². The number of carboxylic acids is 1. The third kappa shape index (κ3) is 3.63. The summed E-state index contributed by atoms with van der Waals surface area (Å²) in [6.45, 7) is 0.997. The molecule has 2 aromatic rings. The summed E-state index contributed by atoms with van der Waals surface area (Å²) >= 11 is 0. The number of carboxylic acid groups (broad SMARTS) is 1. The summed E-state index contributed by atoms with van der Waals surface area (Å²) in [5.41, 5.74) is 1.68. The quantitative estimate of drug-likeness (QED) is 0.868. The normalized spacial score (nSPS) is 13.8. The molecule has 1 aliphatic rings. The zero-order valence-corrected chi connectivity index (χ0v) is 14.2. The second kappa shape index (κ2) is 7.34. The monoisotopic (exact) mass is 344 g/mol. The second-order valence-corrected chi connectivity index (χ2v) is 5.67. The standard InChI is InChI=1S/C19H20O6/c1-22-15-5-3-12(9-17(15)23-2)14(11-19(20)21)13-4-6-16-18(10-13)25-8-7-24-16/h3-6,9-10,14H,7-8,11H2,1-2H3,(H,20,21). The molecule has 0 amide bonds. The van der Waals surface area contributed by atoms with E-state index in [9.17, 15) is 9.90 Å². The molecule has 25 heavy (non-hydrogen) atoms. The molecule has 0 radical (unpaired) electrons. The lowest BCUT2D eigenvalue weighted by molar-refractivity contribution is -0.137. The third-order valence-corrected chi connectivity index (χ3v) is 4.16. The van der Waals surface area contributed by atoms with E-state index in [0.717, 1.165) is 11.1 Å². The Kier molecular flexibility index (Phi) is 4.97. The molecule has 132 valence electrons. The number of hydrogen-bond acceptors (Lipinski definition) is 5. The zero-order chi connectivity index (χ0) is 17.8. The van der Waals surface area contributed by atoms with Gasteiger partial charge in [0.2, 0.25) is 0 Å². The highest BCUT2D eigenvalue weighted by molar-refractivity contribution is 5.69. The van der Waals surface area contributed by atoms with E-state index in [1.807, 2.05) is 30.3 Å². The predicted molar refractivity (Wildman–Crippen MR) is 91.1 cm³/mol. The fraction of sp³-hybridized carbons (Fsp3) is 0.316. The minimum Gasteiger partial charge on any atom is -0.493 e. The van der Waals surface area contributed by atoms with Crippen LogP contribution in [0.5, 0.6) is 23.0 Å². The number of ether oxygens (including phenoxy) is 4. The lowest BCUT2D eigenvalue weighted by Gasteiger charge is -2.22. The molecule has 1 aliphatic heterocycles. The van der Waals surface area contributed by atoms with Gasteiger partial charge in [0.1, 0.15) is 13.2 Å². The number of hydrogen-bond donors (Lipinski definition) is 1. The van der Waals surface area contributed by atoms with Crippen molar-refractivity contribution < 1.29 is 28.8 Å². The first kappa shape index (κ1) is 17.0. The molecule has 1 atom stereocenters. The van der Waals surface area contributed by atoms with Crippen LogP contribution in [-0.2, 0) is 4.79 Å². The van der Waals surface area contributed by atoms with Crippen molar-refractivity contribution in [3.8, 4) is 23.0 Å². The zero-order valence-electron chi connectivity index (χ0n) is 14.2. The van der Waals surface area contributed by atoms with Crippen LogP contribution in [0, 0.1) is 0 Å². The minimum absolute atomic E-state index is 0.0465. The summed E-state index contributed by atoms with van der Waals surface area (Å²) in [6, 6.07) is 11.0. The summed E-state index contributed by atoms with van der Waals surface area (Å²) in [6.07, 6.45) is -0.0465. The highest BCUT2D eigenvalue weighted by Gasteiger charge is 2.22. The van der Waals surface area contributed by atoms with Gasteiger partial charge in [-0.15, -0.1) is 0 Å². The Morgan fingerprint density at radius 3 is 2.32 bits per heavy atom. The van der Waals surface area contributed by atoms with Crippen LogP contribution in [0.3, 0.4) is 0 Å². The Labute approximate surface area is 145 Å². The molecule has 0 bridgehead atoms. The molecule has 3 rings (SSSR count). The average Bonchev–Trinajstić information content (AvgIpc) is 2.65. The third-order valence-electron chi connectivity index (χ3n) is 4.16. The number of aliphatic carboxylic acids is 1.